The largest absolute Gasteiger partial charge is 0.494 e. The van der Waals surface area contributed by atoms with E-state index in [-0.39, 0.29) is 0 Å². The summed E-state index contributed by atoms with van der Waals surface area (Å²) >= 11 is 0. The van der Waals surface area contributed by atoms with Crippen LogP contribution in [0.5, 0.6) is 0 Å². The highest BCUT2D eigenvalue weighted by molar-refractivity contribution is 5.33. The van der Waals surface area contributed by atoms with Gasteiger partial charge in [0, 0.05) is 0 Å². The van der Waals surface area contributed by atoms with Gasteiger partial charge in [0.1, 0.15) is 5.76 Å². The van der Waals surface area contributed by atoms with E-state index < -0.39 is 0 Å². The Balaban J connectivity index is 3.98. The topological polar surface area (TPSA) is 9.23 Å². The SMILES string of the molecule is C=CC(C=C)=C/C(=C\C)OCCCCCC. The fourth-order valence-corrected chi connectivity index (χ4v) is 1.29. The lowest BCUT2D eigenvalue weighted by Gasteiger charge is -2.07. The Bertz CT molecular complexity index is 249. The second-order valence-corrected chi connectivity index (χ2v) is 3.65. The number of hydrogen-bond donors (Lipinski definition) is 0. The van der Waals surface area contributed by atoms with Gasteiger partial charge in [-0.2, -0.15) is 0 Å². The first kappa shape index (κ1) is 14.8. The van der Waals surface area contributed by atoms with E-state index >= 15 is 0 Å². The maximum Gasteiger partial charge on any atom is 0.115 e. The average Bonchev–Trinajstić information content (AvgIpc) is 2.33. The van der Waals surface area contributed by atoms with Crippen LogP contribution in [0.25, 0.3) is 0 Å². The molecule has 0 saturated heterocycles. The summed E-state index contributed by atoms with van der Waals surface area (Å²) in [4.78, 5) is 0. The maximum absolute atomic E-state index is 5.66. The Morgan fingerprint density at radius 3 is 2.31 bits per heavy atom. The van der Waals surface area contributed by atoms with Crippen LogP contribution in [0.4, 0.5) is 0 Å². The Labute approximate surface area is 100 Å². The van der Waals surface area contributed by atoms with E-state index in [1.807, 2.05) is 19.1 Å². The van der Waals surface area contributed by atoms with Crippen molar-refractivity contribution in [2.75, 3.05) is 6.61 Å². The molecular weight excluding hydrogens is 196 g/mol. The maximum atomic E-state index is 5.66. The highest BCUT2D eigenvalue weighted by Crippen LogP contribution is 2.08. The number of unbranched alkanes of at least 4 members (excludes halogenated alkanes) is 3. The van der Waals surface area contributed by atoms with Crippen molar-refractivity contribution >= 4 is 0 Å². The highest BCUT2D eigenvalue weighted by Gasteiger charge is 1.94. The van der Waals surface area contributed by atoms with Gasteiger partial charge in [-0.25, -0.2) is 0 Å². The molecule has 0 saturated carbocycles. The summed E-state index contributed by atoms with van der Waals surface area (Å²) in [5, 5.41) is 0. The molecule has 0 rings (SSSR count). The zero-order valence-corrected chi connectivity index (χ0v) is 10.7. The van der Waals surface area contributed by atoms with E-state index in [0.29, 0.717) is 0 Å². The molecule has 0 spiro atoms. The van der Waals surface area contributed by atoms with Gasteiger partial charge in [-0.15, -0.1) is 0 Å². The van der Waals surface area contributed by atoms with Gasteiger partial charge in [0.25, 0.3) is 0 Å². The number of rotatable bonds is 9. The van der Waals surface area contributed by atoms with Crippen LogP contribution in [-0.2, 0) is 4.74 Å². The first-order valence-corrected chi connectivity index (χ1v) is 6.04. The van der Waals surface area contributed by atoms with E-state index in [4.69, 9.17) is 4.74 Å². The minimum absolute atomic E-state index is 0.789. The number of ether oxygens (including phenoxy) is 1. The summed E-state index contributed by atoms with van der Waals surface area (Å²) in [5.41, 5.74) is 0.988. The van der Waals surface area contributed by atoms with Crippen LogP contribution in [0.3, 0.4) is 0 Å². The first-order chi connectivity index (χ1) is 7.78. The standard InChI is InChI=1S/C15H24O/c1-5-9-10-11-12-16-15(8-4)13-14(6-2)7-3/h6-8,13H,2-3,5,9-12H2,1,4H3/b15-8+. The molecule has 0 amide bonds. The molecule has 0 N–H and O–H groups in total. The van der Waals surface area contributed by atoms with Gasteiger partial charge in [-0.1, -0.05) is 51.5 Å². The van der Waals surface area contributed by atoms with Crippen molar-refractivity contribution in [1.29, 1.82) is 0 Å². The molecule has 0 bridgehead atoms. The summed E-state index contributed by atoms with van der Waals surface area (Å²) < 4.78 is 5.66. The van der Waals surface area contributed by atoms with Crippen molar-refractivity contribution in [3.8, 4) is 0 Å². The van der Waals surface area contributed by atoms with Gasteiger partial charge < -0.3 is 4.74 Å². The molecule has 1 heteroatoms. The van der Waals surface area contributed by atoms with Crippen LogP contribution in [0.2, 0.25) is 0 Å². The minimum atomic E-state index is 0.789. The number of allylic oxidation sites excluding steroid dienone is 5. The van der Waals surface area contributed by atoms with Gasteiger partial charge >= 0.3 is 0 Å². The Morgan fingerprint density at radius 1 is 1.12 bits per heavy atom. The Morgan fingerprint density at radius 2 is 1.81 bits per heavy atom. The summed E-state index contributed by atoms with van der Waals surface area (Å²) in [7, 11) is 0. The molecule has 0 fully saturated rings. The van der Waals surface area contributed by atoms with Crippen molar-refractivity contribution in [3.63, 3.8) is 0 Å². The van der Waals surface area contributed by atoms with Crippen LogP contribution < -0.4 is 0 Å². The normalized spacial score (nSPS) is 10.8. The molecule has 0 aliphatic heterocycles. The molecule has 0 aliphatic carbocycles. The van der Waals surface area contributed by atoms with Crippen LogP contribution in [0.15, 0.2) is 48.8 Å². The molecule has 1 nitrogen and oxygen atoms in total. The lowest BCUT2D eigenvalue weighted by atomic mass is 10.2. The smallest absolute Gasteiger partial charge is 0.115 e. The molecule has 16 heavy (non-hydrogen) atoms. The Hall–Kier alpha value is -1.24. The van der Waals surface area contributed by atoms with Crippen molar-refractivity contribution in [3.05, 3.63) is 48.8 Å². The van der Waals surface area contributed by atoms with E-state index in [9.17, 15) is 0 Å². The summed E-state index contributed by atoms with van der Waals surface area (Å²) in [6.45, 7) is 12.4. The monoisotopic (exact) mass is 220 g/mol. The predicted molar refractivity (Wildman–Crippen MR) is 72.3 cm³/mol. The van der Waals surface area contributed by atoms with Crippen molar-refractivity contribution < 1.29 is 4.74 Å². The lowest BCUT2D eigenvalue weighted by Crippen LogP contribution is -1.94. The molecule has 0 radical (unpaired) electrons. The van der Waals surface area contributed by atoms with Crippen molar-refractivity contribution in [2.45, 2.75) is 39.5 Å². The third-order valence-electron chi connectivity index (χ3n) is 2.33. The molecule has 0 aromatic heterocycles. The zero-order chi connectivity index (χ0) is 12.2. The quantitative estimate of drug-likeness (QED) is 0.308. The van der Waals surface area contributed by atoms with E-state index in [1.54, 1.807) is 12.2 Å². The second-order valence-electron chi connectivity index (χ2n) is 3.65. The molecular formula is C15H24O. The third-order valence-corrected chi connectivity index (χ3v) is 2.33. The van der Waals surface area contributed by atoms with Gasteiger partial charge in [-0.3, -0.25) is 0 Å². The van der Waals surface area contributed by atoms with Crippen molar-refractivity contribution in [2.24, 2.45) is 0 Å². The molecule has 0 aliphatic rings. The van der Waals surface area contributed by atoms with Crippen LogP contribution in [0.1, 0.15) is 39.5 Å². The van der Waals surface area contributed by atoms with Crippen LogP contribution >= 0.6 is 0 Å². The van der Waals surface area contributed by atoms with E-state index in [1.165, 1.54) is 19.3 Å². The van der Waals surface area contributed by atoms with Gasteiger partial charge in [0.05, 0.1) is 6.61 Å². The molecule has 0 aromatic carbocycles. The molecule has 90 valence electrons. The summed E-state index contributed by atoms with van der Waals surface area (Å²) in [5.74, 6) is 0.895. The summed E-state index contributed by atoms with van der Waals surface area (Å²) in [6.07, 6.45) is 12.4. The van der Waals surface area contributed by atoms with Crippen LogP contribution in [0, 0.1) is 0 Å². The highest BCUT2D eigenvalue weighted by atomic mass is 16.5. The fourth-order valence-electron chi connectivity index (χ4n) is 1.29. The average molecular weight is 220 g/mol. The molecule has 0 heterocycles. The van der Waals surface area contributed by atoms with Gasteiger partial charge in [0.2, 0.25) is 0 Å². The minimum Gasteiger partial charge on any atom is -0.494 e. The zero-order valence-electron chi connectivity index (χ0n) is 10.7. The van der Waals surface area contributed by atoms with E-state index in [0.717, 1.165) is 24.4 Å². The molecule has 0 unspecified atom stereocenters. The van der Waals surface area contributed by atoms with Crippen molar-refractivity contribution in [1.82, 2.24) is 0 Å². The molecule has 0 aromatic rings. The van der Waals surface area contributed by atoms with Gasteiger partial charge in [-0.05, 0) is 31.1 Å². The number of hydrogen-bond acceptors (Lipinski definition) is 1. The van der Waals surface area contributed by atoms with E-state index in [2.05, 4.69) is 20.1 Å². The van der Waals surface area contributed by atoms with Gasteiger partial charge in [0.15, 0.2) is 0 Å². The predicted octanol–water partition coefficient (Wildman–Crippen LogP) is 4.79. The second kappa shape index (κ2) is 10.3. The van der Waals surface area contributed by atoms with Crippen LogP contribution in [-0.4, -0.2) is 6.61 Å². The molecule has 0 atom stereocenters. The first-order valence-electron chi connectivity index (χ1n) is 6.04. The summed E-state index contributed by atoms with van der Waals surface area (Å²) in [6, 6.07) is 0. The lowest BCUT2D eigenvalue weighted by molar-refractivity contribution is 0.216. The Kier molecular flexibility index (Phi) is 9.49. The third kappa shape index (κ3) is 7.10. The fraction of sp³-hybridized carbons (Fsp3) is 0.467.